The topological polar surface area (TPSA) is 33.7 Å². The van der Waals surface area contributed by atoms with Crippen molar-refractivity contribution in [3.63, 3.8) is 0 Å². The number of rotatable bonds is 2. The van der Waals surface area contributed by atoms with Crippen LogP contribution in [0.2, 0.25) is 0 Å². The van der Waals surface area contributed by atoms with Crippen molar-refractivity contribution in [1.29, 1.82) is 0 Å². The Kier molecular flexibility index (Phi) is 3.11. The summed E-state index contributed by atoms with van der Waals surface area (Å²) in [7, 11) is 0. The Hall–Kier alpha value is -2.49. The number of fused-ring (bicyclic) bond motifs is 4. The van der Waals surface area contributed by atoms with Crippen molar-refractivity contribution in [3.8, 4) is 0 Å². The Bertz CT molecular complexity index is 939. The van der Waals surface area contributed by atoms with Crippen molar-refractivity contribution in [2.75, 3.05) is 4.90 Å². The Morgan fingerprint density at radius 1 is 1.32 bits per heavy atom. The Morgan fingerprint density at radius 3 is 2.92 bits per heavy atom. The molecule has 1 aliphatic carbocycles. The number of aromatic nitrogens is 2. The summed E-state index contributed by atoms with van der Waals surface area (Å²) in [5.41, 5.74) is 4.73. The lowest BCUT2D eigenvalue weighted by atomic mass is 9.71. The smallest absolute Gasteiger partial charge is 0.306 e. The number of benzene rings is 1. The molecule has 1 saturated carbocycles. The monoisotopic (exact) mass is 333 g/mol. The molecule has 128 valence electrons. The van der Waals surface area contributed by atoms with E-state index in [1.807, 2.05) is 6.20 Å². The second-order valence-corrected chi connectivity index (χ2v) is 7.37. The Balaban J connectivity index is 1.69. The number of oxazole rings is 1. The fourth-order valence-corrected chi connectivity index (χ4v) is 4.82. The van der Waals surface area contributed by atoms with Crippen molar-refractivity contribution < 1.29 is 4.42 Å². The minimum Gasteiger partial charge on any atom is -0.432 e. The van der Waals surface area contributed by atoms with Gasteiger partial charge in [-0.15, -0.1) is 0 Å². The van der Waals surface area contributed by atoms with E-state index in [1.165, 1.54) is 29.8 Å². The van der Waals surface area contributed by atoms with E-state index in [4.69, 9.17) is 9.40 Å². The van der Waals surface area contributed by atoms with E-state index in [9.17, 15) is 0 Å². The molecule has 1 aromatic carbocycles. The van der Waals surface area contributed by atoms with E-state index in [0.29, 0.717) is 5.84 Å². The van der Waals surface area contributed by atoms with Crippen molar-refractivity contribution in [2.24, 2.45) is 5.92 Å². The maximum absolute atomic E-state index is 5.57. The van der Waals surface area contributed by atoms with E-state index in [0.717, 1.165) is 31.0 Å². The predicted molar refractivity (Wildman–Crippen MR) is 98.5 cm³/mol. The summed E-state index contributed by atoms with van der Waals surface area (Å²) in [6, 6.07) is 10.7. The van der Waals surface area contributed by atoms with Crippen LogP contribution in [0.25, 0.3) is 5.84 Å². The molecule has 1 aliphatic heterocycles. The number of para-hydroxylation sites is 1. The maximum Gasteiger partial charge on any atom is 0.306 e. The molecule has 0 amide bonds. The summed E-state index contributed by atoms with van der Waals surface area (Å²) in [6.07, 6.45) is 8.29. The molecule has 0 bridgehead atoms. The molecule has 4 heteroatoms. The van der Waals surface area contributed by atoms with Crippen LogP contribution in [0.1, 0.15) is 44.0 Å². The zero-order valence-electron chi connectivity index (χ0n) is 14.6. The maximum atomic E-state index is 5.57. The van der Waals surface area contributed by atoms with E-state index in [2.05, 4.69) is 53.1 Å². The van der Waals surface area contributed by atoms with Crippen LogP contribution in [0.5, 0.6) is 0 Å². The van der Waals surface area contributed by atoms with Gasteiger partial charge in [-0.1, -0.05) is 38.1 Å². The third kappa shape index (κ3) is 1.91. The average Bonchev–Trinajstić information content (AvgIpc) is 3.30. The second-order valence-electron chi connectivity index (χ2n) is 7.37. The molecule has 3 aromatic rings. The Labute approximate surface area is 147 Å². The van der Waals surface area contributed by atoms with Crippen LogP contribution in [-0.2, 0) is 12.1 Å². The molecule has 2 unspecified atom stereocenters. The minimum atomic E-state index is -0.198. The van der Waals surface area contributed by atoms with Crippen LogP contribution in [-0.4, -0.2) is 9.38 Å². The van der Waals surface area contributed by atoms with Crippen LogP contribution in [0, 0.1) is 5.92 Å². The molecule has 2 aliphatic rings. The van der Waals surface area contributed by atoms with Gasteiger partial charge in [0.2, 0.25) is 0 Å². The zero-order chi connectivity index (χ0) is 17.0. The second kappa shape index (κ2) is 5.25. The van der Waals surface area contributed by atoms with Gasteiger partial charge in [-0.3, -0.25) is 4.40 Å². The minimum absolute atomic E-state index is 0.198. The first-order chi connectivity index (χ1) is 12.2. The largest absolute Gasteiger partial charge is 0.432 e. The van der Waals surface area contributed by atoms with Gasteiger partial charge in [0.15, 0.2) is 0 Å². The van der Waals surface area contributed by atoms with Crippen molar-refractivity contribution in [2.45, 2.75) is 44.7 Å². The summed E-state index contributed by atoms with van der Waals surface area (Å²) >= 11 is 0. The van der Waals surface area contributed by atoms with Crippen molar-refractivity contribution in [1.82, 2.24) is 9.38 Å². The molecule has 0 saturated heterocycles. The highest BCUT2D eigenvalue weighted by Gasteiger charge is 2.52. The van der Waals surface area contributed by atoms with E-state index >= 15 is 0 Å². The molecule has 2 atom stereocenters. The first-order valence-electron chi connectivity index (χ1n) is 9.20. The van der Waals surface area contributed by atoms with Crippen LogP contribution >= 0.6 is 0 Å². The standard InChI is InChI=1S/C21H23N3O/c1-3-16-9-10-21(15(2)13-16)19-18(23-11-12-25-20(23)22-19)14-24(21)17-7-5-4-6-8-17/h4-8,11-12,16H,2-3,9-10,13-14H2,1H3. The number of hydrogen-bond acceptors (Lipinski definition) is 3. The molecule has 25 heavy (non-hydrogen) atoms. The lowest BCUT2D eigenvalue weighted by Crippen LogP contribution is -2.46. The molecule has 5 rings (SSSR count). The molecule has 2 aromatic heterocycles. The van der Waals surface area contributed by atoms with Crippen LogP contribution in [0.4, 0.5) is 5.69 Å². The number of imidazole rings is 1. The van der Waals surface area contributed by atoms with Gasteiger partial charge in [0.25, 0.3) is 0 Å². The van der Waals surface area contributed by atoms with Crippen LogP contribution < -0.4 is 4.90 Å². The quantitative estimate of drug-likeness (QED) is 0.625. The molecule has 1 fully saturated rings. The summed E-state index contributed by atoms with van der Waals surface area (Å²) < 4.78 is 7.67. The number of hydrogen-bond donors (Lipinski definition) is 0. The lowest BCUT2D eigenvalue weighted by molar-refractivity contribution is 0.298. The van der Waals surface area contributed by atoms with E-state index in [1.54, 1.807) is 6.26 Å². The molecule has 0 radical (unpaired) electrons. The van der Waals surface area contributed by atoms with Crippen molar-refractivity contribution in [3.05, 3.63) is 66.3 Å². The van der Waals surface area contributed by atoms with Gasteiger partial charge in [-0.25, -0.2) is 0 Å². The normalized spacial score (nSPS) is 25.9. The third-order valence-electron chi connectivity index (χ3n) is 6.20. The number of anilines is 1. The molecular weight excluding hydrogens is 310 g/mol. The van der Waals surface area contributed by atoms with Gasteiger partial charge in [-0.05, 0) is 42.9 Å². The number of nitrogens with zero attached hydrogens (tertiary/aromatic N) is 3. The average molecular weight is 333 g/mol. The van der Waals surface area contributed by atoms with Crippen LogP contribution in [0.15, 0.2) is 59.4 Å². The summed E-state index contributed by atoms with van der Waals surface area (Å²) in [5.74, 6) is 1.44. The van der Waals surface area contributed by atoms with Gasteiger partial charge in [-0.2, -0.15) is 4.98 Å². The molecule has 1 spiro atoms. The van der Waals surface area contributed by atoms with Gasteiger partial charge in [0.1, 0.15) is 11.8 Å². The zero-order valence-corrected chi connectivity index (χ0v) is 14.6. The van der Waals surface area contributed by atoms with Gasteiger partial charge in [0, 0.05) is 11.9 Å². The fourth-order valence-electron chi connectivity index (χ4n) is 4.82. The highest BCUT2D eigenvalue weighted by Crippen LogP contribution is 2.54. The van der Waals surface area contributed by atoms with Crippen LogP contribution in [0.3, 0.4) is 0 Å². The molecule has 0 N–H and O–H groups in total. The lowest BCUT2D eigenvalue weighted by Gasteiger charge is -2.46. The van der Waals surface area contributed by atoms with Crippen molar-refractivity contribution >= 4 is 11.5 Å². The predicted octanol–water partition coefficient (Wildman–Crippen LogP) is 4.91. The molecular formula is C21H23N3O. The SMILES string of the molecule is C=C1CC(CC)CCC12c1nc3occn3c1CN2c1ccccc1. The van der Waals surface area contributed by atoms with Gasteiger partial charge in [0.05, 0.1) is 17.9 Å². The third-order valence-corrected chi connectivity index (χ3v) is 6.20. The van der Waals surface area contributed by atoms with E-state index in [-0.39, 0.29) is 5.54 Å². The molecule has 3 heterocycles. The van der Waals surface area contributed by atoms with Gasteiger partial charge < -0.3 is 9.32 Å². The highest BCUT2D eigenvalue weighted by atomic mass is 16.3. The fraction of sp³-hybridized carbons (Fsp3) is 0.381. The first-order valence-corrected chi connectivity index (χ1v) is 9.20. The molecule has 4 nitrogen and oxygen atoms in total. The van der Waals surface area contributed by atoms with E-state index < -0.39 is 0 Å². The highest BCUT2D eigenvalue weighted by molar-refractivity contribution is 5.61. The van der Waals surface area contributed by atoms with Gasteiger partial charge >= 0.3 is 5.84 Å². The first kappa shape index (κ1) is 14.8. The summed E-state index contributed by atoms with van der Waals surface area (Å²) in [5, 5.41) is 0. The summed E-state index contributed by atoms with van der Waals surface area (Å²) in [4.78, 5) is 7.41. The summed E-state index contributed by atoms with van der Waals surface area (Å²) in [6.45, 7) is 7.68. The Morgan fingerprint density at radius 2 is 2.16 bits per heavy atom.